The first kappa shape index (κ1) is 19.3. The van der Waals surface area contributed by atoms with Gasteiger partial charge in [-0.1, -0.05) is 23.7 Å². The summed E-state index contributed by atoms with van der Waals surface area (Å²) in [5, 5.41) is 0.171. The number of aromatic nitrogens is 2. The molecule has 29 heavy (non-hydrogen) atoms. The van der Waals surface area contributed by atoms with E-state index in [2.05, 4.69) is 10.4 Å². The van der Waals surface area contributed by atoms with Crippen molar-refractivity contribution in [1.29, 1.82) is 0 Å². The maximum Gasteiger partial charge on any atom is 0.284 e. The van der Waals surface area contributed by atoms with Crippen LogP contribution in [0.15, 0.2) is 41.2 Å². The fourth-order valence-electron chi connectivity index (χ4n) is 3.40. The molecule has 0 bridgehead atoms. The number of benzene rings is 2. The Balaban J connectivity index is 1.75. The van der Waals surface area contributed by atoms with Crippen LogP contribution in [0, 0.1) is 11.6 Å². The summed E-state index contributed by atoms with van der Waals surface area (Å²) in [7, 11) is 0. The van der Waals surface area contributed by atoms with E-state index in [-0.39, 0.29) is 23.3 Å². The van der Waals surface area contributed by atoms with Crippen molar-refractivity contribution < 1.29 is 13.6 Å². The van der Waals surface area contributed by atoms with E-state index in [1.807, 2.05) is 4.90 Å². The van der Waals surface area contributed by atoms with Crippen LogP contribution >= 0.6 is 11.6 Å². The lowest BCUT2D eigenvalue weighted by molar-refractivity contribution is -0.116. The summed E-state index contributed by atoms with van der Waals surface area (Å²) in [4.78, 5) is 31.6. The average Bonchev–Trinajstić information content (AvgIpc) is 3.19. The predicted molar refractivity (Wildman–Crippen MR) is 107 cm³/mol. The molecule has 1 aliphatic rings. The number of nitrogens with zero attached hydrogens (tertiary/aromatic N) is 3. The molecule has 9 heteroatoms. The number of rotatable bonds is 4. The summed E-state index contributed by atoms with van der Waals surface area (Å²) in [5.41, 5.74) is 2.34. The van der Waals surface area contributed by atoms with Crippen molar-refractivity contribution in [3.05, 3.63) is 69.0 Å². The Morgan fingerprint density at radius 2 is 1.83 bits per heavy atom. The Morgan fingerprint density at radius 1 is 1.14 bits per heavy atom. The number of anilines is 1. The van der Waals surface area contributed by atoms with Crippen LogP contribution < -0.4 is 15.9 Å². The monoisotopic (exact) mass is 418 g/mol. The van der Waals surface area contributed by atoms with Gasteiger partial charge in [-0.25, -0.2) is 13.8 Å². The first-order chi connectivity index (χ1) is 13.9. The molecule has 0 aliphatic carbocycles. The summed E-state index contributed by atoms with van der Waals surface area (Å²) < 4.78 is 28.9. The number of hydrogen-bond acceptors (Lipinski definition) is 4. The molecule has 0 radical (unpaired) electrons. The minimum absolute atomic E-state index is 0.00696. The molecule has 0 atom stereocenters. The fraction of sp³-hybridized carbons (Fsp3) is 0.250. The molecule has 1 aliphatic heterocycles. The summed E-state index contributed by atoms with van der Waals surface area (Å²) in [6.45, 7) is 1.26. The lowest BCUT2D eigenvalue weighted by Gasteiger charge is -2.22. The summed E-state index contributed by atoms with van der Waals surface area (Å²) in [6.07, 6.45) is 1.78. The van der Waals surface area contributed by atoms with Crippen molar-refractivity contribution in [1.82, 2.24) is 9.66 Å². The molecule has 6 nitrogen and oxygen atoms in total. The van der Waals surface area contributed by atoms with Gasteiger partial charge in [0.15, 0.2) is 0 Å². The van der Waals surface area contributed by atoms with Crippen molar-refractivity contribution in [2.24, 2.45) is 0 Å². The van der Waals surface area contributed by atoms with E-state index in [0.29, 0.717) is 29.7 Å². The third-order valence-electron chi connectivity index (χ3n) is 4.77. The maximum absolute atomic E-state index is 14.3. The molecular weight excluding hydrogens is 402 g/mol. The number of halogens is 3. The number of hydrogen-bond donors (Lipinski definition) is 1. The molecule has 1 aromatic heterocycles. The SMILES string of the molecule is O=C(Cc1ccc(Cl)cc1)Nn1c(N2CCCC2)nc2cc(F)cc(F)c2c1=O. The molecule has 1 fully saturated rings. The highest BCUT2D eigenvalue weighted by Gasteiger charge is 2.23. The smallest absolute Gasteiger partial charge is 0.284 e. The van der Waals surface area contributed by atoms with Gasteiger partial charge in [-0.3, -0.25) is 15.0 Å². The van der Waals surface area contributed by atoms with Gasteiger partial charge in [0, 0.05) is 30.2 Å². The van der Waals surface area contributed by atoms with E-state index < -0.39 is 23.1 Å². The van der Waals surface area contributed by atoms with Crippen LogP contribution in [0.3, 0.4) is 0 Å². The Bertz CT molecular complexity index is 1140. The molecule has 1 N–H and O–H groups in total. The second-order valence-electron chi connectivity index (χ2n) is 6.87. The molecular formula is C20H17ClF2N4O2. The van der Waals surface area contributed by atoms with Crippen molar-refractivity contribution >= 4 is 34.4 Å². The van der Waals surface area contributed by atoms with Crippen molar-refractivity contribution in [2.75, 3.05) is 23.4 Å². The molecule has 150 valence electrons. The zero-order chi connectivity index (χ0) is 20.5. The quantitative estimate of drug-likeness (QED) is 0.706. The molecule has 2 aromatic carbocycles. The molecule has 0 spiro atoms. The van der Waals surface area contributed by atoms with Crippen LogP contribution in [0.2, 0.25) is 5.02 Å². The second-order valence-corrected chi connectivity index (χ2v) is 7.30. The van der Waals surface area contributed by atoms with E-state index in [9.17, 15) is 18.4 Å². The lowest BCUT2D eigenvalue weighted by Crippen LogP contribution is -2.39. The Hall–Kier alpha value is -3.00. The van der Waals surface area contributed by atoms with Crippen LogP contribution in [0.25, 0.3) is 10.9 Å². The van der Waals surface area contributed by atoms with E-state index in [4.69, 9.17) is 11.6 Å². The average molecular weight is 419 g/mol. The maximum atomic E-state index is 14.3. The molecule has 0 saturated carbocycles. The van der Waals surface area contributed by atoms with Gasteiger partial charge >= 0.3 is 0 Å². The van der Waals surface area contributed by atoms with Gasteiger partial charge in [0.25, 0.3) is 5.56 Å². The van der Waals surface area contributed by atoms with Gasteiger partial charge in [-0.05, 0) is 30.5 Å². The Kier molecular flexibility index (Phi) is 5.19. The molecule has 3 aromatic rings. The second kappa shape index (κ2) is 7.79. The first-order valence-electron chi connectivity index (χ1n) is 9.13. The summed E-state index contributed by atoms with van der Waals surface area (Å²) in [5.74, 6) is -2.15. The Labute approximate surface area is 169 Å². The molecule has 1 saturated heterocycles. The van der Waals surface area contributed by atoms with Gasteiger partial charge in [0.1, 0.15) is 17.0 Å². The third kappa shape index (κ3) is 3.93. The van der Waals surface area contributed by atoms with E-state index >= 15 is 0 Å². The van der Waals surface area contributed by atoms with Crippen LogP contribution in [0.4, 0.5) is 14.7 Å². The molecule has 0 unspecified atom stereocenters. The number of carbonyl (C=O) groups excluding carboxylic acids is 1. The zero-order valence-electron chi connectivity index (χ0n) is 15.3. The van der Waals surface area contributed by atoms with Crippen molar-refractivity contribution in [3.8, 4) is 0 Å². The summed E-state index contributed by atoms with van der Waals surface area (Å²) >= 11 is 5.85. The fourth-order valence-corrected chi connectivity index (χ4v) is 3.53. The van der Waals surface area contributed by atoms with Gasteiger partial charge < -0.3 is 4.90 Å². The van der Waals surface area contributed by atoms with Crippen LogP contribution in [0.1, 0.15) is 18.4 Å². The van der Waals surface area contributed by atoms with Crippen LogP contribution in [-0.4, -0.2) is 28.7 Å². The molecule has 4 rings (SSSR count). The van der Waals surface area contributed by atoms with Gasteiger partial charge in [-0.15, -0.1) is 0 Å². The third-order valence-corrected chi connectivity index (χ3v) is 5.03. The predicted octanol–water partition coefficient (Wildman–Crippen LogP) is 3.24. The number of fused-ring (bicyclic) bond motifs is 1. The van der Waals surface area contributed by atoms with Crippen molar-refractivity contribution in [3.63, 3.8) is 0 Å². The molecule has 2 heterocycles. The van der Waals surface area contributed by atoms with Crippen LogP contribution in [-0.2, 0) is 11.2 Å². The van der Waals surface area contributed by atoms with Crippen LogP contribution in [0.5, 0.6) is 0 Å². The number of carbonyl (C=O) groups is 1. The number of amides is 1. The molecule has 1 amide bonds. The zero-order valence-corrected chi connectivity index (χ0v) is 16.0. The summed E-state index contributed by atoms with van der Waals surface area (Å²) in [6, 6.07) is 8.36. The number of nitrogens with one attached hydrogen (secondary N) is 1. The van der Waals surface area contributed by atoms with E-state index in [1.165, 1.54) is 0 Å². The minimum Gasteiger partial charge on any atom is -0.341 e. The Morgan fingerprint density at radius 3 is 2.52 bits per heavy atom. The van der Waals surface area contributed by atoms with E-state index in [1.54, 1.807) is 24.3 Å². The highest BCUT2D eigenvalue weighted by atomic mass is 35.5. The standard InChI is InChI=1S/C20H17ClF2N4O2/c21-13-5-3-12(4-6-13)9-17(28)25-27-19(29)18-15(23)10-14(22)11-16(18)24-20(27)26-7-1-2-8-26/h3-6,10-11H,1-2,7-9H2,(H,25,28). The van der Waals surface area contributed by atoms with Gasteiger partial charge in [0.2, 0.25) is 11.9 Å². The topological polar surface area (TPSA) is 67.2 Å². The van der Waals surface area contributed by atoms with E-state index in [0.717, 1.165) is 23.6 Å². The highest BCUT2D eigenvalue weighted by Crippen LogP contribution is 2.21. The first-order valence-corrected chi connectivity index (χ1v) is 9.51. The lowest BCUT2D eigenvalue weighted by atomic mass is 10.1. The minimum atomic E-state index is -1.02. The normalized spacial score (nSPS) is 13.8. The van der Waals surface area contributed by atoms with Crippen molar-refractivity contribution in [2.45, 2.75) is 19.3 Å². The van der Waals surface area contributed by atoms with Gasteiger partial charge in [-0.2, -0.15) is 4.68 Å². The van der Waals surface area contributed by atoms with Gasteiger partial charge in [0.05, 0.1) is 11.9 Å². The highest BCUT2D eigenvalue weighted by molar-refractivity contribution is 6.30. The largest absolute Gasteiger partial charge is 0.341 e.